The average molecular weight is 394 g/mol. The molecule has 0 amide bonds. The lowest BCUT2D eigenvalue weighted by molar-refractivity contribution is 0.319. The van der Waals surface area contributed by atoms with E-state index in [0.717, 1.165) is 22.6 Å². The molecule has 3 heteroatoms. The highest BCUT2D eigenvalue weighted by Gasteiger charge is 2.20. The standard InChI is InChI=1S/C24H24ClNS/c1-3-18-6-10-21(11-7-18)22-12-8-19(9-13-22)4-5-20-14-17(2)24(26-16-27)23(25)15-20/h8-9,12-15,18,21H,3,6-7,10-11H2,1-2H3. The van der Waals surface area contributed by atoms with Crippen LogP contribution in [0.5, 0.6) is 0 Å². The second-order valence-corrected chi connectivity index (χ2v) is 7.91. The Balaban J connectivity index is 1.72. The summed E-state index contributed by atoms with van der Waals surface area (Å²) in [6.45, 7) is 4.26. The molecule has 0 aliphatic heterocycles. The molecule has 0 aromatic heterocycles. The molecule has 1 aliphatic rings. The van der Waals surface area contributed by atoms with Crippen LogP contribution in [0.4, 0.5) is 5.69 Å². The molecule has 0 bridgehead atoms. The molecule has 2 aromatic rings. The third-order valence-corrected chi connectivity index (χ3v) is 5.95. The predicted molar refractivity (Wildman–Crippen MR) is 118 cm³/mol. The van der Waals surface area contributed by atoms with Crippen molar-refractivity contribution in [3.05, 3.63) is 63.7 Å². The summed E-state index contributed by atoms with van der Waals surface area (Å²) in [4.78, 5) is 4.01. The number of hydrogen-bond acceptors (Lipinski definition) is 2. The van der Waals surface area contributed by atoms with E-state index in [1.807, 2.05) is 19.1 Å². The first kappa shape index (κ1) is 19.8. The Labute approximate surface area is 172 Å². The molecule has 1 saturated carbocycles. The van der Waals surface area contributed by atoms with E-state index in [4.69, 9.17) is 11.6 Å². The van der Waals surface area contributed by atoms with Gasteiger partial charge in [0.2, 0.25) is 0 Å². The van der Waals surface area contributed by atoms with Crippen molar-refractivity contribution in [2.75, 3.05) is 0 Å². The lowest BCUT2D eigenvalue weighted by atomic mass is 9.78. The van der Waals surface area contributed by atoms with Crippen LogP contribution < -0.4 is 0 Å². The van der Waals surface area contributed by atoms with Crippen molar-refractivity contribution < 1.29 is 0 Å². The van der Waals surface area contributed by atoms with Crippen LogP contribution in [0.1, 0.15) is 67.2 Å². The number of benzene rings is 2. The summed E-state index contributed by atoms with van der Waals surface area (Å²) in [5.41, 5.74) is 4.97. The molecule has 2 aromatic carbocycles. The van der Waals surface area contributed by atoms with Gasteiger partial charge in [-0.15, -0.1) is 0 Å². The summed E-state index contributed by atoms with van der Waals surface area (Å²) in [5.74, 6) is 8.09. The number of rotatable bonds is 3. The topological polar surface area (TPSA) is 12.4 Å². The normalized spacial score (nSPS) is 18.9. The van der Waals surface area contributed by atoms with Crippen LogP contribution in [-0.2, 0) is 0 Å². The van der Waals surface area contributed by atoms with Crippen LogP contribution in [0.3, 0.4) is 0 Å². The fourth-order valence-corrected chi connectivity index (χ4v) is 4.28. The highest BCUT2D eigenvalue weighted by atomic mass is 35.5. The first-order valence-electron chi connectivity index (χ1n) is 9.60. The largest absolute Gasteiger partial charge is 0.193 e. The van der Waals surface area contributed by atoms with Gasteiger partial charge >= 0.3 is 0 Å². The maximum Gasteiger partial charge on any atom is 0.0955 e. The lowest BCUT2D eigenvalue weighted by Gasteiger charge is -2.28. The van der Waals surface area contributed by atoms with Crippen LogP contribution in [0.2, 0.25) is 5.02 Å². The van der Waals surface area contributed by atoms with Gasteiger partial charge in [0.1, 0.15) is 0 Å². The maximum absolute atomic E-state index is 6.27. The van der Waals surface area contributed by atoms with E-state index in [0.29, 0.717) is 16.6 Å². The predicted octanol–water partition coefficient (Wildman–Crippen LogP) is 7.47. The molecule has 0 radical (unpaired) electrons. The van der Waals surface area contributed by atoms with Crippen LogP contribution in [0.25, 0.3) is 0 Å². The van der Waals surface area contributed by atoms with Crippen LogP contribution in [-0.4, -0.2) is 5.16 Å². The zero-order chi connectivity index (χ0) is 19.2. The second-order valence-electron chi connectivity index (χ2n) is 7.32. The second kappa shape index (κ2) is 9.34. The van der Waals surface area contributed by atoms with E-state index in [2.05, 4.69) is 65.4 Å². The molecule has 0 unspecified atom stereocenters. The Hall–Kier alpha value is -1.91. The molecule has 0 heterocycles. The number of aliphatic imine (C=N–C) groups is 1. The number of halogens is 1. The molecule has 0 saturated heterocycles. The van der Waals surface area contributed by atoms with Crippen LogP contribution in [0, 0.1) is 24.7 Å². The van der Waals surface area contributed by atoms with Gasteiger partial charge in [0.15, 0.2) is 0 Å². The molecule has 138 valence electrons. The summed E-state index contributed by atoms with van der Waals surface area (Å²) in [6, 6.07) is 12.6. The van der Waals surface area contributed by atoms with Gasteiger partial charge in [0.25, 0.3) is 0 Å². The van der Waals surface area contributed by atoms with E-state index in [-0.39, 0.29) is 0 Å². The highest BCUT2D eigenvalue weighted by Crippen LogP contribution is 2.37. The van der Waals surface area contributed by atoms with Gasteiger partial charge in [-0.25, -0.2) is 0 Å². The van der Waals surface area contributed by atoms with Gasteiger partial charge in [-0.05, 0) is 92.1 Å². The third kappa shape index (κ3) is 5.08. The summed E-state index contributed by atoms with van der Waals surface area (Å²) >= 11 is 10.9. The minimum atomic E-state index is 0.551. The van der Waals surface area contributed by atoms with Crippen molar-refractivity contribution in [3.8, 4) is 11.8 Å². The highest BCUT2D eigenvalue weighted by molar-refractivity contribution is 7.78. The summed E-state index contributed by atoms with van der Waals surface area (Å²) in [5, 5.41) is 2.92. The number of aryl methyl sites for hydroxylation is 1. The quantitative estimate of drug-likeness (QED) is 0.299. The van der Waals surface area contributed by atoms with Crippen molar-refractivity contribution in [2.24, 2.45) is 10.9 Å². The molecule has 3 rings (SSSR count). The Morgan fingerprint density at radius 1 is 1.04 bits per heavy atom. The van der Waals surface area contributed by atoms with Gasteiger partial charge in [0, 0.05) is 11.1 Å². The molecule has 0 spiro atoms. The summed E-state index contributed by atoms with van der Waals surface area (Å²) in [6.07, 6.45) is 6.69. The Morgan fingerprint density at radius 2 is 1.70 bits per heavy atom. The van der Waals surface area contributed by atoms with Gasteiger partial charge in [-0.1, -0.05) is 48.9 Å². The SMILES string of the molecule is CCC1CCC(c2ccc(C#Cc3cc(C)c(N=C=S)c(Cl)c3)cc2)CC1. The molecule has 1 nitrogen and oxygen atoms in total. The molecule has 1 aliphatic carbocycles. The number of hydrogen-bond donors (Lipinski definition) is 0. The fraction of sp³-hybridized carbons (Fsp3) is 0.375. The first-order chi connectivity index (χ1) is 13.1. The Bertz CT molecular complexity index is 883. The number of thiocarbonyl (C=S) groups is 1. The third-order valence-electron chi connectivity index (χ3n) is 5.57. The molecule has 27 heavy (non-hydrogen) atoms. The molecule has 0 atom stereocenters. The van der Waals surface area contributed by atoms with Crippen LogP contribution in [0.15, 0.2) is 41.4 Å². The van der Waals surface area contributed by atoms with Gasteiger partial charge in [-0.2, -0.15) is 4.99 Å². The minimum Gasteiger partial charge on any atom is -0.193 e. The minimum absolute atomic E-state index is 0.551. The molecule has 1 fully saturated rings. The summed E-state index contributed by atoms with van der Waals surface area (Å²) in [7, 11) is 0. The Morgan fingerprint density at radius 3 is 2.30 bits per heavy atom. The van der Waals surface area contributed by atoms with Crippen molar-refractivity contribution >= 4 is 34.7 Å². The van der Waals surface area contributed by atoms with Crippen molar-refractivity contribution in [1.82, 2.24) is 0 Å². The van der Waals surface area contributed by atoms with Crippen molar-refractivity contribution in [2.45, 2.75) is 51.9 Å². The zero-order valence-electron chi connectivity index (χ0n) is 15.9. The molecular weight excluding hydrogens is 370 g/mol. The van der Waals surface area contributed by atoms with Gasteiger partial charge in [0.05, 0.1) is 15.9 Å². The van der Waals surface area contributed by atoms with E-state index in [1.54, 1.807) is 0 Å². The lowest BCUT2D eigenvalue weighted by Crippen LogP contribution is -2.12. The van der Waals surface area contributed by atoms with Crippen molar-refractivity contribution in [1.29, 1.82) is 0 Å². The van der Waals surface area contributed by atoms with E-state index >= 15 is 0 Å². The molecule has 0 N–H and O–H groups in total. The maximum atomic E-state index is 6.27. The van der Waals surface area contributed by atoms with E-state index in [9.17, 15) is 0 Å². The monoisotopic (exact) mass is 393 g/mol. The van der Waals surface area contributed by atoms with Gasteiger partial charge in [-0.3, -0.25) is 0 Å². The fourth-order valence-electron chi connectivity index (χ4n) is 3.88. The van der Waals surface area contributed by atoms with E-state index < -0.39 is 0 Å². The molecular formula is C24H24ClNS. The Kier molecular flexibility index (Phi) is 6.86. The average Bonchev–Trinajstić information content (AvgIpc) is 2.70. The van der Waals surface area contributed by atoms with Crippen LogP contribution >= 0.6 is 23.8 Å². The van der Waals surface area contributed by atoms with E-state index in [1.165, 1.54) is 37.7 Å². The number of isothiocyanates is 1. The number of nitrogens with zero attached hydrogens (tertiary/aromatic N) is 1. The van der Waals surface area contributed by atoms with Crippen molar-refractivity contribution in [3.63, 3.8) is 0 Å². The zero-order valence-corrected chi connectivity index (χ0v) is 17.5. The first-order valence-corrected chi connectivity index (χ1v) is 10.4. The van der Waals surface area contributed by atoms with Gasteiger partial charge < -0.3 is 0 Å². The summed E-state index contributed by atoms with van der Waals surface area (Å²) < 4.78 is 0. The smallest absolute Gasteiger partial charge is 0.0955 e.